The fourth-order valence-electron chi connectivity index (χ4n) is 2.57. The molecular formula is C14H18N4OS. The summed E-state index contributed by atoms with van der Waals surface area (Å²) in [4.78, 5) is 18.0. The lowest BCUT2D eigenvalue weighted by Gasteiger charge is -2.31. The van der Waals surface area contributed by atoms with Crippen molar-refractivity contribution >= 4 is 38.3 Å². The maximum Gasteiger partial charge on any atom is 0.217 e. The first-order chi connectivity index (χ1) is 9.61. The van der Waals surface area contributed by atoms with Gasteiger partial charge in [0, 0.05) is 31.7 Å². The quantitative estimate of drug-likeness (QED) is 0.830. The molecule has 1 amide bonds. The van der Waals surface area contributed by atoms with Crippen LogP contribution in [0.2, 0.25) is 0 Å². The third-order valence-corrected chi connectivity index (χ3v) is 4.65. The number of thiazole rings is 1. The van der Waals surface area contributed by atoms with E-state index in [9.17, 15) is 4.79 Å². The van der Waals surface area contributed by atoms with E-state index in [0.717, 1.165) is 47.0 Å². The average molecular weight is 290 g/mol. The van der Waals surface area contributed by atoms with Crippen molar-refractivity contribution in [3.63, 3.8) is 0 Å². The van der Waals surface area contributed by atoms with Crippen molar-refractivity contribution in [2.24, 2.45) is 0 Å². The zero-order valence-electron chi connectivity index (χ0n) is 11.4. The Bertz CT molecular complexity index is 631. The van der Waals surface area contributed by atoms with E-state index >= 15 is 0 Å². The summed E-state index contributed by atoms with van der Waals surface area (Å²) in [6.45, 7) is 3.44. The Hall–Kier alpha value is -1.82. The number of piperidine rings is 1. The van der Waals surface area contributed by atoms with Gasteiger partial charge in [0.15, 0.2) is 5.13 Å². The van der Waals surface area contributed by atoms with Gasteiger partial charge in [-0.05, 0) is 31.0 Å². The van der Waals surface area contributed by atoms with Gasteiger partial charge in [0.1, 0.15) is 0 Å². The largest absolute Gasteiger partial charge is 0.399 e. The van der Waals surface area contributed by atoms with Gasteiger partial charge < -0.3 is 16.0 Å². The van der Waals surface area contributed by atoms with Crippen LogP contribution in [0, 0.1) is 0 Å². The molecule has 0 saturated carbocycles. The third kappa shape index (κ3) is 2.70. The first-order valence-corrected chi connectivity index (χ1v) is 7.61. The van der Waals surface area contributed by atoms with Crippen LogP contribution in [0.25, 0.3) is 10.2 Å². The summed E-state index contributed by atoms with van der Waals surface area (Å²) in [5.41, 5.74) is 7.58. The van der Waals surface area contributed by atoms with Gasteiger partial charge in [-0.1, -0.05) is 11.3 Å². The zero-order chi connectivity index (χ0) is 14.1. The van der Waals surface area contributed by atoms with Crippen molar-refractivity contribution in [3.8, 4) is 0 Å². The maximum atomic E-state index is 11.1. The molecule has 0 radical (unpaired) electrons. The number of nitrogens with two attached hydrogens (primary N) is 1. The van der Waals surface area contributed by atoms with Gasteiger partial charge >= 0.3 is 0 Å². The topological polar surface area (TPSA) is 71.2 Å². The van der Waals surface area contributed by atoms with E-state index in [2.05, 4.69) is 15.2 Å². The van der Waals surface area contributed by atoms with Crippen LogP contribution < -0.4 is 16.0 Å². The van der Waals surface area contributed by atoms with Crippen molar-refractivity contribution in [1.29, 1.82) is 0 Å². The number of nitrogens with zero attached hydrogens (tertiary/aromatic N) is 2. The fourth-order valence-corrected chi connectivity index (χ4v) is 3.63. The molecule has 6 heteroatoms. The van der Waals surface area contributed by atoms with Crippen molar-refractivity contribution in [3.05, 3.63) is 18.2 Å². The minimum absolute atomic E-state index is 0.0545. The van der Waals surface area contributed by atoms with E-state index in [1.165, 1.54) is 0 Å². The number of carbonyl (C=O) groups excluding carboxylic acids is 1. The van der Waals surface area contributed by atoms with E-state index in [-0.39, 0.29) is 5.91 Å². The van der Waals surface area contributed by atoms with Crippen LogP contribution in [-0.2, 0) is 4.79 Å². The molecule has 0 atom stereocenters. The van der Waals surface area contributed by atoms with Gasteiger partial charge in [-0.25, -0.2) is 4.98 Å². The number of hydrogen-bond acceptors (Lipinski definition) is 5. The standard InChI is InChI=1S/C14H18N4OS/c1-9(19)16-11-4-6-18(7-5-11)14-17-12-3-2-10(15)8-13(12)20-14/h2-3,8,11H,4-7,15H2,1H3,(H,16,19). The van der Waals surface area contributed by atoms with Gasteiger partial charge in [-0.2, -0.15) is 0 Å². The van der Waals surface area contributed by atoms with Gasteiger partial charge in [-0.3, -0.25) is 4.79 Å². The highest BCUT2D eigenvalue weighted by atomic mass is 32.1. The van der Waals surface area contributed by atoms with E-state index in [1.54, 1.807) is 18.3 Å². The number of carbonyl (C=O) groups is 1. The van der Waals surface area contributed by atoms with Crippen molar-refractivity contribution < 1.29 is 4.79 Å². The molecule has 0 bridgehead atoms. The van der Waals surface area contributed by atoms with E-state index in [0.29, 0.717) is 6.04 Å². The molecule has 20 heavy (non-hydrogen) atoms. The fraction of sp³-hybridized carbons (Fsp3) is 0.429. The lowest BCUT2D eigenvalue weighted by molar-refractivity contribution is -0.119. The number of nitrogen functional groups attached to an aromatic ring is 1. The first-order valence-electron chi connectivity index (χ1n) is 6.80. The lowest BCUT2D eigenvalue weighted by Crippen LogP contribution is -2.44. The molecular weight excluding hydrogens is 272 g/mol. The van der Waals surface area contributed by atoms with Crippen molar-refractivity contribution in [2.75, 3.05) is 23.7 Å². The minimum Gasteiger partial charge on any atom is -0.399 e. The maximum absolute atomic E-state index is 11.1. The van der Waals surface area contributed by atoms with Crippen molar-refractivity contribution in [1.82, 2.24) is 10.3 Å². The summed E-state index contributed by atoms with van der Waals surface area (Å²) in [6, 6.07) is 6.12. The molecule has 2 aromatic rings. The summed E-state index contributed by atoms with van der Waals surface area (Å²) in [7, 11) is 0. The van der Waals surface area contributed by atoms with E-state index in [4.69, 9.17) is 5.73 Å². The zero-order valence-corrected chi connectivity index (χ0v) is 12.2. The Labute approximate surface area is 121 Å². The van der Waals surface area contributed by atoms with Crippen LogP contribution in [0.1, 0.15) is 19.8 Å². The molecule has 3 rings (SSSR count). The Morgan fingerprint density at radius 2 is 2.20 bits per heavy atom. The van der Waals surface area contributed by atoms with Crippen LogP contribution >= 0.6 is 11.3 Å². The second kappa shape index (κ2) is 5.28. The third-order valence-electron chi connectivity index (χ3n) is 3.57. The second-order valence-corrected chi connectivity index (χ2v) is 6.19. The summed E-state index contributed by atoms with van der Waals surface area (Å²) in [5.74, 6) is 0.0545. The van der Waals surface area contributed by atoms with Gasteiger partial charge in [0.05, 0.1) is 10.2 Å². The molecule has 1 aliphatic rings. The van der Waals surface area contributed by atoms with Gasteiger partial charge in [0.25, 0.3) is 0 Å². The number of fused-ring (bicyclic) bond motifs is 1. The smallest absolute Gasteiger partial charge is 0.217 e. The van der Waals surface area contributed by atoms with E-state index < -0.39 is 0 Å². The molecule has 1 aromatic heterocycles. The number of hydrogen-bond donors (Lipinski definition) is 2. The molecule has 0 aliphatic carbocycles. The van der Waals surface area contributed by atoms with Gasteiger partial charge in [0.2, 0.25) is 5.91 Å². The van der Waals surface area contributed by atoms with Crippen molar-refractivity contribution in [2.45, 2.75) is 25.8 Å². The molecule has 0 spiro atoms. The highest BCUT2D eigenvalue weighted by Gasteiger charge is 2.21. The molecule has 1 aromatic carbocycles. The van der Waals surface area contributed by atoms with Crippen LogP contribution in [-0.4, -0.2) is 30.0 Å². The van der Waals surface area contributed by atoms with E-state index in [1.807, 2.05) is 18.2 Å². The normalized spacial score (nSPS) is 16.6. The molecule has 0 unspecified atom stereocenters. The summed E-state index contributed by atoms with van der Waals surface area (Å²) in [5, 5.41) is 4.04. The van der Waals surface area contributed by atoms with Gasteiger partial charge in [-0.15, -0.1) is 0 Å². The Morgan fingerprint density at radius 3 is 2.90 bits per heavy atom. The highest BCUT2D eigenvalue weighted by Crippen LogP contribution is 2.31. The average Bonchev–Trinajstić information content (AvgIpc) is 2.81. The molecule has 5 nitrogen and oxygen atoms in total. The molecule has 2 heterocycles. The molecule has 1 aliphatic heterocycles. The second-order valence-electron chi connectivity index (χ2n) is 5.19. The SMILES string of the molecule is CC(=O)NC1CCN(c2nc3ccc(N)cc3s2)CC1. The highest BCUT2D eigenvalue weighted by molar-refractivity contribution is 7.22. The number of anilines is 2. The predicted molar refractivity (Wildman–Crippen MR) is 83.1 cm³/mol. The molecule has 1 saturated heterocycles. The van der Waals surface area contributed by atoms with Crippen LogP contribution in [0.15, 0.2) is 18.2 Å². The molecule has 3 N–H and O–H groups in total. The Morgan fingerprint density at radius 1 is 1.45 bits per heavy atom. The molecule has 106 valence electrons. The van der Waals surface area contributed by atoms with Crippen LogP contribution in [0.3, 0.4) is 0 Å². The summed E-state index contributed by atoms with van der Waals surface area (Å²) in [6.07, 6.45) is 1.94. The lowest BCUT2D eigenvalue weighted by atomic mass is 10.1. The van der Waals surface area contributed by atoms with Crippen LogP contribution in [0.5, 0.6) is 0 Å². The van der Waals surface area contributed by atoms with Crippen LogP contribution in [0.4, 0.5) is 10.8 Å². The Kier molecular flexibility index (Phi) is 3.48. The first kappa shape index (κ1) is 13.2. The number of aromatic nitrogens is 1. The predicted octanol–water partition coefficient (Wildman–Crippen LogP) is 1.98. The number of benzene rings is 1. The monoisotopic (exact) mass is 290 g/mol. The summed E-state index contributed by atoms with van der Waals surface area (Å²) < 4.78 is 1.13. The number of nitrogens with one attached hydrogen (secondary N) is 1. The number of rotatable bonds is 2. The summed E-state index contributed by atoms with van der Waals surface area (Å²) >= 11 is 1.68. The minimum atomic E-state index is 0.0545. The number of amides is 1. The molecule has 1 fully saturated rings. The Balaban J connectivity index is 1.71.